The van der Waals surface area contributed by atoms with Gasteiger partial charge in [-0.15, -0.1) is 0 Å². The first-order chi connectivity index (χ1) is 16.6. The van der Waals surface area contributed by atoms with Gasteiger partial charge in [-0.1, -0.05) is 47.0 Å². The van der Waals surface area contributed by atoms with Crippen molar-refractivity contribution in [3.63, 3.8) is 0 Å². The third-order valence-corrected chi connectivity index (χ3v) is 6.65. The first-order valence-corrected chi connectivity index (χ1v) is 12.9. The number of carboxylic acids is 1. The van der Waals surface area contributed by atoms with Gasteiger partial charge in [-0.25, -0.2) is 9.59 Å². The van der Waals surface area contributed by atoms with Gasteiger partial charge in [-0.05, 0) is 63.7 Å². The van der Waals surface area contributed by atoms with Crippen LogP contribution in [0.2, 0.25) is 0 Å². The monoisotopic (exact) mass is 543 g/mol. The maximum absolute atomic E-state index is 12.0. The van der Waals surface area contributed by atoms with E-state index in [0.717, 1.165) is 51.0 Å². The van der Waals surface area contributed by atoms with E-state index >= 15 is 0 Å². The quantitative estimate of drug-likeness (QED) is 0.387. The minimum Gasteiger partial charge on any atom is -0.475 e. The highest BCUT2D eigenvalue weighted by atomic mass is 19.4. The molecule has 1 N–H and O–H groups in total. The summed E-state index contributed by atoms with van der Waals surface area (Å²) in [6, 6.07) is 0. The Bertz CT molecular complexity index is 624. The number of carboxylic acid groups (broad SMARTS) is 1. The van der Waals surface area contributed by atoms with E-state index in [0.29, 0.717) is 11.8 Å². The van der Waals surface area contributed by atoms with Gasteiger partial charge >= 0.3 is 18.2 Å². The molecule has 1 saturated heterocycles. The molecule has 0 bridgehead atoms. The van der Waals surface area contributed by atoms with Crippen molar-refractivity contribution in [1.82, 2.24) is 4.90 Å². The number of carbonyl (C=O) groups excluding carboxylic acids is 1. The summed E-state index contributed by atoms with van der Waals surface area (Å²) in [7, 11) is 3.54. The van der Waals surface area contributed by atoms with Crippen LogP contribution in [-0.4, -0.2) is 74.4 Å². The van der Waals surface area contributed by atoms with Crippen LogP contribution in [0.3, 0.4) is 0 Å². The van der Waals surface area contributed by atoms with Crippen LogP contribution in [0.1, 0.15) is 87.0 Å². The zero-order chi connectivity index (χ0) is 27.9. The molecule has 0 aromatic heterocycles. The summed E-state index contributed by atoms with van der Waals surface area (Å²) in [5, 5.41) is 7.12. The molecule has 1 aliphatic carbocycles. The number of likely N-dealkylation sites (tertiary alicyclic amines) is 1. The largest absolute Gasteiger partial charge is 0.490 e. The van der Waals surface area contributed by atoms with Gasteiger partial charge in [0.05, 0.1) is 0 Å². The Morgan fingerprint density at radius 2 is 1.35 bits per heavy atom. The third-order valence-electron chi connectivity index (χ3n) is 6.65. The van der Waals surface area contributed by atoms with Crippen molar-refractivity contribution in [1.29, 1.82) is 0 Å². The van der Waals surface area contributed by atoms with Gasteiger partial charge < -0.3 is 24.2 Å². The molecule has 0 radical (unpaired) electrons. The first kappa shape index (κ1) is 37.6. The smallest absolute Gasteiger partial charge is 0.475 e. The second-order valence-corrected chi connectivity index (χ2v) is 10.8. The molecule has 1 saturated carbocycles. The third kappa shape index (κ3) is 17.6. The number of aliphatic carboxylic acids is 1. The molecule has 0 aromatic carbocycles. The fraction of sp³-hybridized carbons (Fsp3) is 0.926. The van der Waals surface area contributed by atoms with Gasteiger partial charge in [-0.2, -0.15) is 13.2 Å². The van der Waals surface area contributed by atoms with E-state index in [1.165, 1.54) is 32.1 Å². The predicted octanol–water partition coefficient (Wildman–Crippen LogP) is 7.03. The predicted molar refractivity (Wildman–Crippen MR) is 140 cm³/mol. The van der Waals surface area contributed by atoms with Gasteiger partial charge in [-0.3, -0.25) is 0 Å². The van der Waals surface area contributed by atoms with E-state index in [-0.39, 0.29) is 13.5 Å². The number of amides is 1. The van der Waals surface area contributed by atoms with Gasteiger partial charge in [0.1, 0.15) is 5.60 Å². The standard InChI is InChI=1S/C14H27NO3.C10H20O.C2HF3O2.CH4/c1-11-10-15(13(16)18-14(2,3)4)8-6-12(11)7-9-17-5;1-9-5-3-4-6-10(9)7-8-11-2;3-2(4,5)1(6)7;/h11-12H,6-10H2,1-5H3;9-10H,3-8H2,1-2H3;(H,6,7);1H4. The molecule has 7 nitrogen and oxygen atoms in total. The van der Waals surface area contributed by atoms with Crippen LogP contribution in [0, 0.1) is 23.7 Å². The van der Waals surface area contributed by atoms with Crippen LogP contribution in [-0.2, 0) is 19.0 Å². The molecule has 222 valence electrons. The number of ether oxygens (including phenoxy) is 3. The number of methoxy groups -OCH3 is 2. The maximum atomic E-state index is 12.0. The lowest BCUT2D eigenvalue weighted by atomic mass is 9.79. The molecular formula is C27H52F3NO6. The summed E-state index contributed by atoms with van der Waals surface area (Å²) in [4.78, 5) is 22.7. The van der Waals surface area contributed by atoms with E-state index in [1.807, 2.05) is 25.7 Å². The van der Waals surface area contributed by atoms with Gasteiger partial charge in [0.15, 0.2) is 0 Å². The topological polar surface area (TPSA) is 85.3 Å². The second-order valence-electron chi connectivity index (χ2n) is 10.8. The van der Waals surface area contributed by atoms with Gasteiger partial charge in [0.2, 0.25) is 0 Å². The molecule has 1 aliphatic heterocycles. The van der Waals surface area contributed by atoms with Crippen LogP contribution in [0.25, 0.3) is 0 Å². The summed E-state index contributed by atoms with van der Waals surface area (Å²) in [5.74, 6) is 0.306. The SMILES string of the molecule is C.COCCC1CCCCC1C.COCCC1CCN(C(=O)OC(C)(C)C)CC1C.O=C(O)C(F)(F)F. The number of hydrogen-bond acceptors (Lipinski definition) is 5. The Balaban J connectivity index is 0. The number of hydrogen-bond donors (Lipinski definition) is 1. The number of carbonyl (C=O) groups is 2. The molecule has 2 rings (SSSR count). The Kier molecular flexibility index (Phi) is 19.0. The van der Waals surface area contributed by atoms with Crippen LogP contribution in [0.4, 0.5) is 18.0 Å². The average molecular weight is 544 g/mol. The molecule has 4 atom stereocenters. The zero-order valence-corrected chi connectivity index (χ0v) is 23.2. The number of nitrogens with zero attached hydrogens (tertiary/aromatic N) is 1. The molecule has 0 spiro atoms. The van der Waals surface area contributed by atoms with E-state index in [4.69, 9.17) is 24.1 Å². The highest BCUT2D eigenvalue weighted by Gasteiger charge is 2.38. The molecule has 4 unspecified atom stereocenters. The summed E-state index contributed by atoms with van der Waals surface area (Å²) >= 11 is 0. The molecule has 2 aliphatic rings. The summed E-state index contributed by atoms with van der Waals surface area (Å²) in [6.45, 7) is 13.7. The fourth-order valence-corrected chi connectivity index (χ4v) is 4.48. The molecule has 1 heterocycles. The number of rotatable bonds is 6. The van der Waals surface area contributed by atoms with Gasteiger partial charge in [0.25, 0.3) is 0 Å². The second kappa shape index (κ2) is 18.7. The Morgan fingerprint density at radius 1 is 0.892 bits per heavy atom. The fourth-order valence-electron chi connectivity index (χ4n) is 4.48. The van der Waals surface area contributed by atoms with E-state index in [2.05, 4.69) is 13.8 Å². The summed E-state index contributed by atoms with van der Waals surface area (Å²) in [6.07, 6.45) is 3.91. The lowest BCUT2D eigenvalue weighted by Gasteiger charge is -2.37. The molecule has 1 amide bonds. The molecule has 37 heavy (non-hydrogen) atoms. The number of halogens is 3. The zero-order valence-electron chi connectivity index (χ0n) is 23.2. The minimum absolute atomic E-state index is 0. The normalized spacial score (nSPS) is 23.9. The van der Waals surface area contributed by atoms with Crippen LogP contribution in [0.5, 0.6) is 0 Å². The molecular weight excluding hydrogens is 491 g/mol. The van der Waals surface area contributed by atoms with Gasteiger partial charge in [0, 0.05) is 40.5 Å². The van der Waals surface area contributed by atoms with Crippen molar-refractivity contribution in [2.45, 2.75) is 98.8 Å². The maximum Gasteiger partial charge on any atom is 0.490 e. The summed E-state index contributed by atoms with van der Waals surface area (Å²) in [5.41, 5.74) is -0.410. The van der Waals surface area contributed by atoms with Crippen molar-refractivity contribution >= 4 is 12.1 Å². The lowest BCUT2D eigenvalue weighted by molar-refractivity contribution is -0.192. The average Bonchev–Trinajstić information content (AvgIpc) is 2.77. The highest BCUT2D eigenvalue weighted by molar-refractivity contribution is 5.73. The Morgan fingerprint density at radius 3 is 1.73 bits per heavy atom. The molecule has 0 aromatic rings. The number of piperidine rings is 1. The molecule has 10 heteroatoms. The van der Waals surface area contributed by atoms with Crippen LogP contribution < -0.4 is 0 Å². The van der Waals surface area contributed by atoms with E-state index in [1.54, 1.807) is 14.2 Å². The van der Waals surface area contributed by atoms with Crippen molar-refractivity contribution in [3.8, 4) is 0 Å². The van der Waals surface area contributed by atoms with Crippen molar-refractivity contribution in [2.75, 3.05) is 40.5 Å². The molecule has 2 fully saturated rings. The van der Waals surface area contributed by atoms with E-state index in [9.17, 15) is 18.0 Å². The number of alkyl halides is 3. The van der Waals surface area contributed by atoms with Crippen molar-refractivity contribution in [2.24, 2.45) is 23.7 Å². The van der Waals surface area contributed by atoms with Crippen molar-refractivity contribution < 1.29 is 42.1 Å². The first-order valence-electron chi connectivity index (χ1n) is 12.9. The van der Waals surface area contributed by atoms with Crippen molar-refractivity contribution in [3.05, 3.63) is 0 Å². The Labute approximate surface area is 222 Å². The Hall–Kier alpha value is -1.55. The lowest BCUT2D eigenvalue weighted by Crippen LogP contribution is -2.45. The summed E-state index contributed by atoms with van der Waals surface area (Å²) < 4.78 is 47.4. The van der Waals surface area contributed by atoms with E-state index < -0.39 is 17.7 Å². The minimum atomic E-state index is -5.08. The van der Waals surface area contributed by atoms with Crippen LogP contribution in [0.15, 0.2) is 0 Å². The van der Waals surface area contributed by atoms with Crippen LogP contribution >= 0.6 is 0 Å². The highest BCUT2D eigenvalue weighted by Crippen LogP contribution is 2.31.